The molecule has 0 spiro atoms. The number of nitrogens with one attached hydrogen (secondary N) is 1. The van der Waals surface area contributed by atoms with Crippen LogP contribution in [0.2, 0.25) is 0 Å². The van der Waals surface area contributed by atoms with Crippen LogP contribution in [0.1, 0.15) is 32.3 Å². The molecule has 0 unspecified atom stereocenters. The third-order valence-corrected chi connectivity index (χ3v) is 7.65. The van der Waals surface area contributed by atoms with Crippen LogP contribution in [0.4, 0.5) is 11.4 Å². The van der Waals surface area contributed by atoms with Gasteiger partial charge < -0.3 is 4.90 Å². The largest absolute Gasteiger partial charge is 0.310 e. The summed E-state index contributed by atoms with van der Waals surface area (Å²) in [4.78, 5) is 15.7. The van der Waals surface area contributed by atoms with Crippen LogP contribution in [-0.2, 0) is 21.2 Å². The van der Waals surface area contributed by atoms with Crippen molar-refractivity contribution in [2.45, 2.75) is 48.2 Å². The molecule has 2 aliphatic rings. The van der Waals surface area contributed by atoms with Gasteiger partial charge in [-0.15, -0.1) is 11.8 Å². The van der Waals surface area contributed by atoms with Crippen LogP contribution in [-0.4, -0.2) is 26.1 Å². The Hall–Kier alpha value is -1.99. The second-order valence-electron chi connectivity index (χ2n) is 7.40. The summed E-state index contributed by atoms with van der Waals surface area (Å²) in [6, 6.07) is 12.5. The molecule has 2 aromatic rings. The molecule has 148 valence electrons. The van der Waals surface area contributed by atoms with E-state index >= 15 is 0 Å². The van der Waals surface area contributed by atoms with Crippen molar-refractivity contribution in [1.82, 2.24) is 0 Å². The molecule has 2 aromatic carbocycles. The number of thioether (sulfide) groups is 1. The van der Waals surface area contributed by atoms with Gasteiger partial charge in [0, 0.05) is 22.6 Å². The zero-order valence-electron chi connectivity index (χ0n) is 16.0. The van der Waals surface area contributed by atoms with Crippen LogP contribution in [0, 0.1) is 5.92 Å². The van der Waals surface area contributed by atoms with E-state index in [-0.39, 0.29) is 22.0 Å². The lowest BCUT2D eigenvalue weighted by Gasteiger charge is -2.33. The Morgan fingerprint density at radius 2 is 1.96 bits per heavy atom. The molecule has 7 heteroatoms. The van der Waals surface area contributed by atoms with Crippen LogP contribution in [0.5, 0.6) is 0 Å². The number of benzene rings is 2. The number of hydrogen-bond donors (Lipinski definition) is 1. The molecule has 28 heavy (non-hydrogen) atoms. The summed E-state index contributed by atoms with van der Waals surface area (Å²) >= 11 is 1.69. The fourth-order valence-corrected chi connectivity index (χ4v) is 5.69. The maximum absolute atomic E-state index is 13.0. The van der Waals surface area contributed by atoms with Crippen molar-refractivity contribution in [1.29, 1.82) is 0 Å². The lowest BCUT2D eigenvalue weighted by atomic mass is 10.1. The van der Waals surface area contributed by atoms with E-state index in [1.54, 1.807) is 34.9 Å². The average molecular weight is 417 g/mol. The van der Waals surface area contributed by atoms with Gasteiger partial charge in [-0.25, -0.2) is 8.42 Å². The van der Waals surface area contributed by atoms with Crippen LogP contribution < -0.4 is 9.62 Å². The van der Waals surface area contributed by atoms with Gasteiger partial charge in [0.1, 0.15) is 0 Å². The number of anilines is 2. The molecule has 0 bridgehead atoms. The minimum Gasteiger partial charge on any atom is -0.310 e. The van der Waals surface area contributed by atoms with Gasteiger partial charge in [-0.1, -0.05) is 32.0 Å². The number of fused-ring (bicyclic) bond motifs is 1. The molecule has 1 N–H and O–H groups in total. The van der Waals surface area contributed by atoms with Gasteiger partial charge in [0.15, 0.2) is 0 Å². The Bertz CT molecular complexity index is 1020. The smallest absolute Gasteiger partial charge is 0.261 e. The van der Waals surface area contributed by atoms with Gasteiger partial charge in [-0.05, 0) is 49.1 Å². The summed E-state index contributed by atoms with van der Waals surface area (Å²) in [7, 11) is -3.74. The third-order valence-electron chi connectivity index (χ3n) is 5.13. The molecule has 1 saturated carbocycles. The second kappa shape index (κ2) is 7.44. The fraction of sp³-hybridized carbons (Fsp3) is 0.381. The second-order valence-corrected chi connectivity index (χ2v) is 10.6. The van der Waals surface area contributed by atoms with Crippen molar-refractivity contribution in [3.63, 3.8) is 0 Å². The molecule has 4 rings (SSSR count). The number of carbonyl (C=O) groups is 1. The third kappa shape index (κ3) is 3.78. The van der Waals surface area contributed by atoms with Gasteiger partial charge >= 0.3 is 0 Å². The lowest BCUT2D eigenvalue weighted by Crippen LogP contribution is -2.39. The Balaban J connectivity index is 1.69. The minimum absolute atomic E-state index is 0.0953. The topological polar surface area (TPSA) is 66.5 Å². The Morgan fingerprint density at radius 3 is 2.68 bits per heavy atom. The first-order valence-corrected chi connectivity index (χ1v) is 12.0. The van der Waals surface area contributed by atoms with E-state index < -0.39 is 10.0 Å². The molecule has 1 atom stereocenters. The van der Waals surface area contributed by atoms with Crippen LogP contribution in [0.25, 0.3) is 0 Å². The van der Waals surface area contributed by atoms with E-state index in [1.807, 2.05) is 31.2 Å². The number of nitrogens with zero attached hydrogens (tertiary/aromatic N) is 1. The van der Waals surface area contributed by atoms with E-state index in [1.165, 1.54) is 0 Å². The van der Waals surface area contributed by atoms with Crippen molar-refractivity contribution >= 4 is 39.1 Å². The molecule has 1 aliphatic heterocycles. The highest BCUT2D eigenvalue weighted by molar-refractivity contribution is 8.00. The molecule has 1 aliphatic carbocycles. The predicted octanol–water partition coefficient (Wildman–Crippen LogP) is 4.29. The molecule has 0 radical (unpaired) electrons. The first kappa shape index (κ1) is 19.3. The number of aryl methyl sites for hydroxylation is 1. The van der Waals surface area contributed by atoms with Crippen LogP contribution in [0.3, 0.4) is 0 Å². The number of sulfonamides is 1. The molecular formula is C21H24N2O3S2. The molecule has 1 amide bonds. The van der Waals surface area contributed by atoms with Crippen molar-refractivity contribution in [2.24, 2.45) is 5.92 Å². The highest BCUT2D eigenvalue weighted by Gasteiger charge is 2.37. The first-order chi connectivity index (χ1) is 13.4. The van der Waals surface area contributed by atoms with E-state index in [0.29, 0.717) is 17.9 Å². The number of amides is 1. The van der Waals surface area contributed by atoms with E-state index in [0.717, 1.165) is 29.7 Å². The first-order valence-electron chi connectivity index (χ1n) is 9.62. The lowest BCUT2D eigenvalue weighted by molar-refractivity contribution is -0.119. The summed E-state index contributed by atoms with van der Waals surface area (Å²) in [5.41, 5.74) is 2.25. The maximum atomic E-state index is 13.0. The van der Waals surface area contributed by atoms with Gasteiger partial charge in [-0.3, -0.25) is 9.52 Å². The van der Waals surface area contributed by atoms with Gasteiger partial charge in [0.05, 0.1) is 16.3 Å². The fourth-order valence-electron chi connectivity index (χ4n) is 3.48. The number of para-hydroxylation sites is 1. The summed E-state index contributed by atoms with van der Waals surface area (Å²) in [6.07, 6.45) is 2.60. The molecule has 0 saturated heterocycles. The van der Waals surface area contributed by atoms with Crippen molar-refractivity contribution in [2.75, 3.05) is 16.2 Å². The molecule has 1 heterocycles. The molecule has 1 fully saturated rings. The van der Waals surface area contributed by atoms with Gasteiger partial charge in [0.25, 0.3) is 10.0 Å². The monoisotopic (exact) mass is 416 g/mol. The summed E-state index contributed by atoms with van der Waals surface area (Å²) in [6.45, 7) is 4.70. The minimum atomic E-state index is -3.74. The SMILES string of the molecule is CCc1ccccc1NS(=O)(=O)c1ccc2c(c1)N(C(=O)C1CC1)C[C@@H](C)S2. The van der Waals surface area contributed by atoms with E-state index in [2.05, 4.69) is 11.6 Å². The van der Waals surface area contributed by atoms with Crippen molar-refractivity contribution in [3.05, 3.63) is 48.0 Å². The van der Waals surface area contributed by atoms with E-state index in [4.69, 9.17) is 0 Å². The van der Waals surface area contributed by atoms with E-state index in [9.17, 15) is 13.2 Å². The summed E-state index contributed by atoms with van der Waals surface area (Å²) < 4.78 is 28.8. The zero-order valence-corrected chi connectivity index (χ0v) is 17.6. The molecule has 5 nitrogen and oxygen atoms in total. The number of rotatable bonds is 5. The van der Waals surface area contributed by atoms with Crippen molar-refractivity contribution < 1.29 is 13.2 Å². The van der Waals surface area contributed by atoms with Crippen LogP contribution in [0.15, 0.2) is 52.3 Å². The van der Waals surface area contributed by atoms with Gasteiger partial charge in [0.2, 0.25) is 5.91 Å². The standard InChI is InChI=1S/C21H24N2O3S2/c1-3-15-6-4-5-7-18(15)22-28(25,26)17-10-11-20-19(12-17)23(13-14(2)27-20)21(24)16-8-9-16/h4-7,10-12,14,16,22H,3,8-9,13H2,1-2H3/t14-/m1/s1. The average Bonchev–Trinajstić information content (AvgIpc) is 3.51. The highest BCUT2D eigenvalue weighted by Crippen LogP contribution is 2.42. The maximum Gasteiger partial charge on any atom is 0.261 e. The summed E-state index contributed by atoms with van der Waals surface area (Å²) in [5, 5.41) is 0.284. The number of carbonyl (C=O) groups excluding carboxylic acids is 1. The Morgan fingerprint density at radius 1 is 1.21 bits per heavy atom. The van der Waals surface area contributed by atoms with Crippen LogP contribution >= 0.6 is 11.8 Å². The Labute approximate surface area is 170 Å². The molecule has 0 aromatic heterocycles. The summed E-state index contributed by atoms with van der Waals surface area (Å²) in [5.74, 6) is 0.213. The predicted molar refractivity (Wildman–Crippen MR) is 113 cm³/mol. The highest BCUT2D eigenvalue weighted by atomic mass is 32.2. The Kier molecular flexibility index (Phi) is 5.14. The zero-order chi connectivity index (χ0) is 19.9. The van der Waals surface area contributed by atoms with Crippen molar-refractivity contribution in [3.8, 4) is 0 Å². The quantitative estimate of drug-likeness (QED) is 0.790. The molecular weight excluding hydrogens is 392 g/mol. The number of hydrogen-bond acceptors (Lipinski definition) is 4. The normalized spacial score (nSPS) is 19.2. The van der Waals surface area contributed by atoms with Gasteiger partial charge in [-0.2, -0.15) is 0 Å².